The van der Waals surface area contributed by atoms with E-state index in [1.807, 2.05) is 18.2 Å². The first kappa shape index (κ1) is 15.3. The van der Waals surface area contributed by atoms with Crippen molar-refractivity contribution in [2.75, 3.05) is 12.8 Å². The zero-order chi connectivity index (χ0) is 16.4. The molecule has 0 saturated carbocycles. The number of nitrogens with one attached hydrogen (secondary N) is 1. The van der Waals surface area contributed by atoms with Crippen molar-refractivity contribution in [2.45, 2.75) is 32.2 Å². The summed E-state index contributed by atoms with van der Waals surface area (Å²) in [6.45, 7) is 1.79. The number of methoxy groups -OCH3 is 1. The highest BCUT2D eigenvalue weighted by atomic mass is 16.5. The van der Waals surface area contributed by atoms with E-state index in [4.69, 9.17) is 10.5 Å². The van der Waals surface area contributed by atoms with E-state index in [0.29, 0.717) is 11.4 Å². The van der Waals surface area contributed by atoms with Crippen LogP contribution >= 0.6 is 0 Å². The highest BCUT2D eigenvalue weighted by Crippen LogP contribution is 2.32. The van der Waals surface area contributed by atoms with Crippen LogP contribution in [0.15, 0.2) is 24.3 Å². The molecule has 3 N–H and O–H groups in total. The van der Waals surface area contributed by atoms with E-state index in [0.717, 1.165) is 30.6 Å². The molecule has 1 heterocycles. The molecule has 1 atom stereocenters. The second kappa shape index (κ2) is 6.24. The van der Waals surface area contributed by atoms with Crippen molar-refractivity contribution in [3.63, 3.8) is 0 Å². The molecule has 2 aromatic rings. The van der Waals surface area contributed by atoms with E-state index in [-0.39, 0.29) is 17.9 Å². The minimum absolute atomic E-state index is 0.0198. The summed E-state index contributed by atoms with van der Waals surface area (Å²) in [5.41, 5.74) is 8.97. The number of rotatable bonds is 3. The molecular formula is C17H20N4O2. The second-order valence-electron chi connectivity index (χ2n) is 5.74. The fraction of sp³-hybridized carbons (Fsp3) is 0.353. The topological polar surface area (TPSA) is 90.1 Å². The van der Waals surface area contributed by atoms with Gasteiger partial charge in [0.2, 0.25) is 5.95 Å². The maximum Gasteiger partial charge on any atom is 0.270 e. The van der Waals surface area contributed by atoms with Crippen molar-refractivity contribution >= 4 is 11.9 Å². The average Bonchev–Trinajstić information content (AvgIpc) is 2.53. The van der Waals surface area contributed by atoms with Crippen LogP contribution in [-0.4, -0.2) is 23.0 Å². The van der Waals surface area contributed by atoms with Gasteiger partial charge in [0.05, 0.1) is 13.2 Å². The van der Waals surface area contributed by atoms with Crippen LogP contribution in [0.5, 0.6) is 5.75 Å². The number of hydrogen-bond donors (Lipinski definition) is 2. The van der Waals surface area contributed by atoms with Gasteiger partial charge in [-0.25, -0.2) is 9.97 Å². The van der Waals surface area contributed by atoms with E-state index in [9.17, 15) is 4.79 Å². The standard InChI is InChI=1S/C17H20N4O2/c1-10-8-15(21-17(18)19-10)16(22)20-14-5-3-4-11-9-12(23-2)6-7-13(11)14/h6-9,14H,3-5H2,1-2H3,(H,20,22)(H2,18,19,21). The Morgan fingerprint density at radius 3 is 2.91 bits per heavy atom. The molecule has 6 nitrogen and oxygen atoms in total. The third-order valence-electron chi connectivity index (χ3n) is 4.07. The zero-order valence-electron chi connectivity index (χ0n) is 13.3. The number of carbonyl (C=O) groups is 1. The Hall–Kier alpha value is -2.63. The average molecular weight is 312 g/mol. The van der Waals surface area contributed by atoms with Crippen molar-refractivity contribution in [1.29, 1.82) is 0 Å². The summed E-state index contributed by atoms with van der Waals surface area (Å²) in [5, 5.41) is 3.06. The van der Waals surface area contributed by atoms with Gasteiger partial charge in [-0.2, -0.15) is 0 Å². The molecule has 0 radical (unpaired) electrons. The van der Waals surface area contributed by atoms with Crippen LogP contribution < -0.4 is 15.8 Å². The molecule has 0 spiro atoms. The van der Waals surface area contributed by atoms with E-state index in [1.165, 1.54) is 5.56 Å². The van der Waals surface area contributed by atoms with Crippen LogP contribution in [0.3, 0.4) is 0 Å². The van der Waals surface area contributed by atoms with Crippen LogP contribution in [-0.2, 0) is 6.42 Å². The Morgan fingerprint density at radius 2 is 2.17 bits per heavy atom. The van der Waals surface area contributed by atoms with Gasteiger partial charge in [-0.15, -0.1) is 0 Å². The van der Waals surface area contributed by atoms with Crippen LogP contribution in [0, 0.1) is 6.92 Å². The molecule has 23 heavy (non-hydrogen) atoms. The Kier molecular flexibility index (Phi) is 4.14. The highest BCUT2D eigenvalue weighted by Gasteiger charge is 2.23. The fourth-order valence-electron chi connectivity index (χ4n) is 3.01. The predicted molar refractivity (Wildman–Crippen MR) is 87.3 cm³/mol. The number of ether oxygens (including phenoxy) is 1. The predicted octanol–water partition coefficient (Wildman–Crippen LogP) is 2.18. The first-order valence-corrected chi connectivity index (χ1v) is 7.65. The van der Waals surface area contributed by atoms with Gasteiger partial charge in [0.1, 0.15) is 11.4 Å². The first-order chi connectivity index (χ1) is 11.1. The van der Waals surface area contributed by atoms with Gasteiger partial charge >= 0.3 is 0 Å². The van der Waals surface area contributed by atoms with Gasteiger partial charge in [0, 0.05) is 5.69 Å². The summed E-state index contributed by atoms with van der Waals surface area (Å²) in [4.78, 5) is 20.5. The summed E-state index contributed by atoms with van der Waals surface area (Å²) < 4.78 is 5.27. The molecule has 0 bridgehead atoms. The fourth-order valence-corrected chi connectivity index (χ4v) is 3.01. The van der Waals surface area contributed by atoms with Crippen molar-refractivity contribution in [2.24, 2.45) is 0 Å². The quantitative estimate of drug-likeness (QED) is 0.906. The van der Waals surface area contributed by atoms with Crippen molar-refractivity contribution in [3.8, 4) is 5.75 Å². The lowest BCUT2D eigenvalue weighted by atomic mass is 9.87. The molecule has 6 heteroatoms. The molecule has 120 valence electrons. The molecule has 1 aliphatic carbocycles. The van der Waals surface area contributed by atoms with Crippen molar-refractivity contribution < 1.29 is 9.53 Å². The lowest BCUT2D eigenvalue weighted by molar-refractivity contribution is 0.0927. The van der Waals surface area contributed by atoms with Gasteiger partial charge < -0.3 is 15.8 Å². The Bertz CT molecular complexity index is 725. The summed E-state index contributed by atoms with van der Waals surface area (Å²) in [7, 11) is 1.66. The van der Waals surface area contributed by atoms with Crippen molar-refractivity contribution in [1.82, 2.24) is 15.3 Å². The van der Waals surface area contributed by atoms with Gasteiger partial charge in [-0.1, -0.05) is 6.07 Å². The molecule has 1 aromatic heterocycles. The molecule has 0 aliphatic heterocycles. The normalized spacial score (nSPS) is 16.5. The zero-order valence-corrected chi connectivity index (χ0v) is 13.3. The molecule has 0 fully saturated rings. The lowest BCUT2D eigenvalue weighted by Crippen LogP contribution is -2.31. The third kappa shape index (κ3) is 3.26. The van der Waals surface area contributed by atoms with Crippen LogP contribution in [0.2, 0.25) is 0 Å². The van der Waals surface area contributed by atoms with E-state index < -0.39 is 0 Å². The number of benzene rings is 1. The van der Waals surface area contributed by atoms with E-state index in [1.54, 1.807) is 20.1 Å². The molecule has 1 amide bonds. The number of carbonyl (C=O) groups excluding carboxylic acids is 1. The monoisotopic (exact) mass is 312 g/mol. The van der Waals surface area contributed by atoms with Crippen LogP contribution in [0.1, 0.15) is 46.2 Å². The Labute approximate surface area is 135 Å². The largest absolute Gasteiger partial charge is 0.497 e. The van der Waals surface area contributed by atoms with Gasteiger partial charge in [0.15, 0.2) is 0 Å². The SMILES string of the molecule is COc1ccc2c(c1)CCCC2NC(=O)c1cc(C)nc(N)n1. The number of nitrogen functional groups attached to an aromatic ring is 1. The maximum absolute atomic E-state index is 12.5. The van der Waals surface area contributed by atoms with Gasteiger partial charge in [-0.05, 0) is 55.5 Å². The number of hydrogen-bond acceptors (Lipinski definition) is 5. The Balaban J connectivity index is 1.83. The van der Waals surface area contributed by atoms with E-state index >= 15 is 0 Å². The summed E-state index contributed by atoms with van der Waals surface area (Å²) in [6.07, 6.45) is 2.93. The minimum Gasteiger partial charge on any atom is -0.497 e. The second-order valence-corrected chi connectivity index (χ2v) is 5.74. The van der Waals surface area contributed by atoms with Gasteiger partial charge in [0.25, 0.3) is 5.91 Å². The first-order valence-electron chi connectivity index (χ1n) is 7.65. The minimum atomic E-state index is -0.226. The molecule has 0 saturated heterocycles. The molecule has 3 rings (SSSR count). The number of nitrogens with two attached hydrogens (primary N) is 1. The number of fused-ring (bicyclic) bond motifs is 1. The maximum atomic E-state index is 12.5. The van der Waals surface area contributed by atoms with Crippen LogP contribution in [0.4, 0.5) is 5.95 Å². The Morgan fingerprint density at radius 1 is 1.35 bits per heavy atom. The number of aromatic nitrogens is 2. The number of nitrogens with zero attached hydrogens (tertiary/aromatic N) is 2. The molecule has 1 unspecified atom stereocenters. The molecular weight excluding hydrogens is 292 g/mol. The number of amides is 1. The molecule has 1 aromatic carbocycles. The summed E-state index contributed by atoms with van der Waals surface area (Å²) in [6, 6.07) is 7.62. The smallest absolute Gasteiger partial charge is 0.270 e. The number of anilines is 1. The summed E-state index contributed by atoms with van der Waals surface area (Å²) in [5.74, 6) is 0.731. The van der Waals surface area contributed by atoms with Crippen molar-refractivity contribution in [3.05, 3.63) is 46.8 Å². The van der Waals surface area contributed by atoms with Crippen LogP contribution in [0.25, 0.3) is 0 Å². The third-order valence-corrected chi connectivity index (χ3v) is 4.07. The number of aryl methyl sites for hydroxylation is 2. The van der Waals surface area contributed by atoms with Gasteiger partial charge in [-0.3, -0.25) is 4.79 Å². The lowest BCUT2D eigenvalue weighted by Gasteiger charge is -2.26. The summed E-state index contributed by atoms with van der Waals surface area (Å²) >= 11 is 0. The highest BCUT2D eigenvalue weighted by molar-refractivity contribution is 5.92. The van der Waals surface area contributed by atoms with E-state index in [2.05, 4.69) is 15.3 Å². The molecule has 1 aliphatic rings.